The number of rotatable bonds is 1. The van der Waals surface area contributed by atoms with Crippen molar-refractivity contribution in [1.29, 1.82) is 0 Å². The molecule has 5 fully saturated rings. The summed E-state index contributed by atoms with van der Waals surface area (Å²) in [5, 5.41) is 21.3. The number of carbonyl (C=O) groups excluding carboxylic acids is 1. The minimum Gasteiger partial charge on any atom is -0.461 e. The van der Waals surface area contributed by atoms with Crippen molar-refractivity contribution < 1.29 is 19.7 Å². The number of hydrogen-bond acceptors (Lipinski definition) is 4. The van der Waals surface area contributed by atoms with E-state index in [2.05, 4.69) is 47.6 Å². The van der Waals surface area contributed by atoms with E-state index in [1.165, 1.54) is 6.42 Å². The summed E-state index contributed by atoms with van der Waals surface area (Å²) in [6.45, 7) is 14.4. The van der Waals surface area contributed by atoms with E-state index < -0.39 is 11.5 Å². The number of esters is 1. The summed E-state index contributed by atoms with van der Waals surface area (Å²) < 4.78 is 6.02. The highest BCUT2D eigenvalue weighted by atomic mass is 16.6. The fourth-order valence-corrected chi connectivity index (χ4v) is 11.1. The smallest absolute Gasteiger partial charge is 0.312 e. The molecular formula is C30H46O4. The molecule has 0 aromatic rings. The highest BCUT2D eigenvalue weighted by Crippen LogP contribution is 2.76. The lowest BCUT2D eigenvalue weighted by Gasteiger charge is -2.71. The Morgan fingerprint density at radius 1 is 0.941 bits per heavy atom. The van der Waals surface area contributed by atoms with Gasteiger partial charge in [-0.15, -0.1) is 0 Å². The molecule has 1 aliphatic heterocycles. The maximum Gasteiger partial charge on any atom is 0.312 e. The molecule has 1 heterocycles. The van der Waals surface area contributed by atoms with E-state index in [1.54, 1.807) is 5.57 Å². The van der Waals surface area contributed by atoms with Crippen molar-refractivity contribution >= 4 is 5.97 Å². The maximum absolute atomic E-state index is 12.8. The lowest BCUT2D eigenvalue weighted by Crippen LogP contribution is -2.65. The summed E-state index contributed by atoms with van der Waals surface area (Å²) >= 11 is 0. The number of fused-ring (bicyclic) bond motifs is 10. The zero-order valence-corrected chi connectivity index (χ0v) is 22.2. The molecule has 6 aliphatic rings. The molecule has 4 heteroatoms. The lowest BCUT2D eigenvalue weighted by molar-refractivity contribution is -0.216. The average Bonchev–Trinajstić information content (AvgIpc) is 3.05. The van der Waals surface area contributed by atoms with E-state index in [9.17, 15) is 15.0 Å². The van der Waals surface area contributed by atoms with Crippen LogP contribution in [0.5, 0.6) is 0 Å². The Kier molecular flexibility index (Phi) is 4.64. The Hall–Kier alpha value is -0.870. The zero-order valence-electron chi connectivity index (χ0n) is 22.2. The van der Waals surface area contributed by atoms with Crippen LogP contribution < -0.4 is 0 Å². The van der Waals surface area contributed by atoms with Gasteiger partial charge in [0.1, 0.15) is 6.10 Å². The lowest BCUT2D eigenvalue weighted by atomic mass is 9.33. The van der Waals surface area contributed by atoms with Crippen molar-refractivity contribution in [3.8, 4) is 0 Å². The third kappa shape index (κ3) is 2.46. The zero-order chi connectivity index (χ0) is 24.5. The first-order valence-corrected chi connectivity index (χ1v) is 14.0. The largest absolute Gasteiger partial charge is 0.461 e. The Labute approximate surface area is 205 Å². The van der Waals surface area contributed by atoms with Crippen LogP contribution in [-0.4, -0.2) is 35.0 Å². The second kappa shape index (κ2) is 6.71. The fraction of sp³-hybridized carbons (Fsp3) is 0.900. The molecule has 4 nitrogen and oxygen atoms in total. The summed E-state index contributed by atoms with van der Waals surface area (Å²) in [4.78, 5) is 12.8. The van der Waals surface area contributed by atoms with Crippen molar-refractivity contribution in [3.05, 3.63) is 11.6 Å². The number of hydrogen-bond donors (Lipinski definition) is 2. The number of aliphatic hydroxyl groups excluding tert-OH is 2. The molecule has 34 heavy (non-hydrogen) atoms. The first kappa shape index (κ1) is 23.5. The van der Waals surface area contributed by atoms with Gasteiger partial charge in [0.2, 0.25) is 0 Å². The molecule has 2 N–H and O–H groups in total. The Balaban J connectivity index is 1.43. The number of carbonyl (C=O) groups is 1. The fourth-order valence-electron chi connectivity index (χ4n) is 11.1. The second-order valence-corrected chi connectivity index (χ2v) is 14.9. The molecule has 0 aromatic heterocycles. The van der Waals surface area contributed by atoms with Crippen LogP contribution in [0.1, 0.15) is 99.3 Å². The molecule has 6 rings (SSSR count). The Morgan fingerprint density at radius 3 is 2.38 bits per heavy atom. The summed E-state index contributed by atoms with van der Waals surface area (Å²) in [6, 6.07) is 0. The van der Waals surface area contributed by atoms with Gasteiger partial charge in [0.25, 0.3) is 0 Å². The minimum absolute atomic E-state index is 0.0346. The van der Waals surface area contributed by atoms with Gasteiger partial charge in [0, 0.05) is 17.3 Å². The van der Waals surface area contributed by atoms with Crippen molar-refractivity contribution in [2.45, 2.75) is 112 Å². The quantitative estimate of drug-likeness (QED) is 0.383. The third-order valence-electron chi connectivity index (χ3n) is 13.7. The standard InChI is InChI=1S/C30H46O4/c1-25-15-19-18-7-8-21-27(3)11-10-22(32)28(4,17-31)20(27)9-12-30(21,6)29(18,5)14-13-26(19,2)23(16-25)34-24(25)33/h7,19-23,31-32H,8-17H2,1-6H3/t19-,20+,21+,22-,23+,25+,26+,27-,28+,29+,30+/m0/s1. The summed E-state index contributed by atoms with van der Waals surface area (Å²) in [7, 11) is 0. The summed E-state index contributed by atoms with van der Waals surface area (Å²) in [5.41, 5.74) is 1.44. The molecular weight excluding hydrogens is 424 g/mol. The average molecular weight is 471 g/mol. The first-order valence-electron chi connectivity index (χ1n) is 14.0. The van der Waals surface area contributed by atoms with Crippen LogP contribution in [0.3, 0.4) is 0 Å². The van der Waals surface area contributed by atoms with Crippen molar-refractivity contribution in [1.82, 2.24) is 0 Å². The minimum atomic E-state index is -0.406. The van der Waals surface area contributed by atoms with Gasteiger partial charge in [-0.25, -0.2) is 0 Å². The van der Waals surface area contributed by atoms with E-state index in [4.69, 9.17) is 4.74 Å². The van der Waals surface area contributed by atoms with Crippen LogP contribution in [-0.2, 0) is 9.53 Å². The van der Waals surface area contributed by atoms with Gasteiger partial charge in [0.15, 0.2) is 0 Å². The molecule has 0 amide bonds. The molecule has 1 saturated heterocycles. The molecule has 0 unspecified atom stereocenters. The van der Waals surface area contributed by atoms with Gasteiger partial charge in [-0.3, -0.25) is 4.79 Å². The predicted octanol–water partition coefficient (Wildman–Crippen LogP) is 5.66. The summed E-state index contributed by atoms with van der Waals surface area (Å²) in [5.74, 6) is 1.38. The van der Waals surface area contributed by atoms with Crippen LogP contribution in [0.4, 0.5) is 0 Å². The first-order chi connectivity index (χ1) is 15.8. The molecule has 5 aliphatic carbocycles. The number of aliphatic hydroxyl groups is 2. The van der Waals surface area contributed by atoms with Gasteiger partial charge in [0.05, 0.1) is 18.1 Å². The van der Waals surface area contributed by atoms with Crippen LogP contribution >= 0.6 is 0 Å². The maximum atomic E-state index is 12.8. The molecule has 4 saturated carbocycles. The molecule has 0 spiro atoms. The van der Waals surface area contributed by atoms with Crippen LogP contribution in [0.25, 0.3) is 0 Å². The van der Waals surface area contributed by atoms with Gasteiger partial charge < -0.3 is 14.9 Å². The van der Waals surface area contributed by atoms with Gasteiger partial charge in [-0.1, -0.05) is 46.3 Å². The molecule has 2 bridgehead atoms. The summed E-state index contributed by atoms with van der Waals surface area (Å²) in [6.07, 6.45) is 11.6. The van der Waals surface area contributed by atoms with Gasteiger partial charge in [-0.2, -0.15) is 0 Å². The van der Waals surface area contributed by atoms with Gasteiger partial charge in [-0.05, 0) is 92.3 Å². The van der Waals surface area contributed by atoms with Crippen molar-refractivity contribution in [2.24, 2.45) is 50.2 Å². The van der Waals surface area contributed by atoms with E-state index in [0.29, 0.717) is 17.8 Å². The Bertz CT molecular complexity index is 957. The van der Waals surface area contributed by atoms with Crippen LogP contribution in [0.15, 0.2) is 11.6 Å². The van der Waals surface area contributed by atoms with E-state index in [-0.39, 0.29) is 45.8 Å². The number of ether oxygens (including phenoxy) is 1. The highest BCUT2D eigenvalue weighted by molar-refractivity contribution is 5.79. The number of allylic oxidation sites excluding steroid dienone is 2. The van der Waals surface area contributed by atoms with Crippen LogP contribution in [0, 0.1) is 50.2 Å². The topological polar surface area (TPSA) is 66.8 Å². The molecule has 11 atom stereocenters. The van der Waals surface area contributed by atoms with Gasteiger partial charge >= 0.3 is 5.97 Å². The second-order valence-electron chi connectivity index (χ2n) is 14.9. The predicted molar refractivity (Wildman–Crippen MR) is 132 cm³/mol. The monoisotopic (exact) mass is 470 g/mol. The van der Waals surface area contributed by atoms with E-state index in [0.717, 1.165) is 51.4 Å². The third-order valence-corrected chi connectivity index (χ3v) is 13.7. The van der Waals surface area contributed by atoms with Crippen molar-refractivity contribution in [2.75, 3.05) is 6.61 Å². The van der Waals surface area contributed by atoms with Crippen molar-refractivity contribution in [3.63, 3.8) is 0 Å². The molecule has 0 radical (unpaired) electrons. The van der Waals surface area contributed by atoms with Crippen LogP contribution in [0.2, 0.25) is 0 Å². The van der Waals surface area contributed by atoms with E-state index in [1.807, 2.05) is 0 Å². The Morgan fingerprint density at radius 2 is 1.68 bits per heavy atom. The highest BCUT2D eigenvalue weighted by Gasteiger charge is 2.71. The van der Waals surface area contributed by atoms with E-state index >= 15 is 0 Å². The molecule has 0 aromatic carbocycles. The normalized spacial score (nSPS) is 60.3. The molecule has 190 valence electrons. The SMILES string of the molecule is C[C@@]12C[C@@H](OC1=O)[C@]1(C)CC[C@]3(C)C(=CC[C@@H]4[C@@]5(C)CC[C@H](O)[C@](C)(CO)[C@@H]5CC[C@]43C)[C@@H]1C2.